The van der Waals surface area contributed by atoms with Crippen LogP contribution in [0.2, 0.25) is 10.0 Å². The van der Waals surface area contributed by atoms with Crippen molar-refractivity contribution in [3.63, 3.8) is 0 Å². The molecule has 0 aliphatic carbocycles. The largest absolute Gasteiger partial charge is 0.378 e. The lowest BCUT2D eigenvalue weighted by Crippen LogP contribution is -2.03. The minimum absolute atomic E-state index is 0.517. The summed E-state index contributed by atoms with van der Waals surface area (Å²) in [6, 6.07) is 1.69. The molecule has 3 rings (SSSR count). The maximum atomic E-state index is 6.29. The van der Waals surface area contributed by atoms with E-state index in [0.717, 1.165) is 34.4 Å². The summed E-state index contributed by atoms with van der Waals surface area (Å²) in [6.45, 7) is 4.66. The van der Waals surface area contributed by atoms with Crippen LogP contribution in [0, 0.1) is 13.8 Å². The molecule has 0 amide bonds. The van der Waals surface area contributed by atoms with Crippen LogP contribution in [0.25, 0.3) is 11.0 Å². The zero-order valence-electron chi connectivity index (χ0n) is 11.7. The maximum Gasteiger partial charge on any atom is 0.130 e. The normalized spacial score (nSPS) is 11.3. The first-order valence-electron chi connectivity index (χ1n) is 6.32. The molecular formula is C13H13Cl2N5S. The molecule has 1 aromatic carbocycles. The molecular weight excluding hydrogens is 329 g/mol. The molecule has 0 atom stereocenters. The zero-order chi connectivity index (χ0) is 15.1. The molecule has 0 bridgehead atoms. The number of rotatable bonds is 3. The number of fused-ring (bicyclic) bond motifs is 1. The molecule has 2 aromatic heterocycles. The second-order valence-corrected chi connectivity index (χ2v) is 6.15. The van der Waals surface area contributed by atoms with Crippen LogP contribution in [0.5, 0.6) is 0 Å². The van der Waals surface area contributed by atoms with Gasteiger partial charge in [-0.05, 0) is 19.9 Å². The van der Waals surface area contributed by atoms with Crippen molar-refractivity contribution in [1.82, 2.24) is 18.5 Å². The molecule has 0 saturated carbocycles. The van der Waals surface area contributed by atoms with Crippen molar-refractivity contribution in [3.8, 4) is 0 Å². The number of hydrogen-bond donors (Lipinski definition) is 1. The predicted molar refractivity (Wildman–Crippen MR) is 87.4 cm³/mol. The molecule has 0 fully saturated rings. The van der Waals surface area contributed by atoms with Gasteiger partial charge in [0.25, 0.3) is 0 Å². The van der Waals surface area contributed by atoms with Gasteiger partial charge in [0.15, 0.2) is 0 Å². The molecule has 3 aromatic rings. The van der Waals surface area contributed by atoms with Crippen LogP contribution >= 0.6 is 34.9 Å². The van der Waals surface area contributed by atoms with Gasteiger partial charge in [-0.15, -0.1) is 0 Å². The van der Waals surface area contributed by atoms with Gasteiger partial charge in [-0.1, -0.05) is 23.2 Å². The molecule has 0 radical (unpaired) electrons. The van der Waals surface area contributed by atoms with Crippen molar-refractivity contribution in [2.45, 2.75) is 20.4 Å². The van der Waals surface area contributed by atoms with E-state index in [1.165, 1.54) is 0 Å². The summed E-state index contributed by atoms with van der Waals surface area (Å²) in [5.74, 6) is 0. The number of halogens is 2. The minimum Gasteiger partial charge on any atom is -0.378 e. The van der Waals surface area contributed by atoms with Gasteiger partial charge in [-0.2, -0.15) is 13.8 Å². The van der Waals surface area contributed by atoms with Crippen LogP contribution in [0.15, 0.2) is 6.07 Å². The number of benzene rings is 1. The third-order valence-corrected chi connectivity index (χ3v) is 4.66. The summed E-state index contributed by atoms with van der Waals surface area (Å²) in [4.78, 5) is 0. The van der Waals surface area contributed by atoms with E-state index in [4.69, 9.17) is 23.2 Å². The molecule has 21 heavy (non-hydrogen) atoms. The van der Waals surface area contributed by atoms with Crippen molar-refractivity contribution in [3.05, 3.63) is 33.1 Å². The van der Waals surface area contributed by atoms with Gasteiger partial charge < -0.3 is 5.32 Å². The fourth-order valence-corrected chi connectivity index (χ4v) is 3.47. The third kappa shape index (κ3) is 2.47. The maximum absolute atomic E-state index is 6.29. The molecule has 1 N–H and O–H groups in total. The molecule has 5 nitrogen and oxygen atoms in total. The Bertz CT molecular complexity index is 824. The highest BCUT2D eigenvalue weighted by Gasteiger charge is 2.15. The first-order valence-corrected chi connectivity index (χ1v) is 7.81. The number of hydrogen-bond acceptors (Lipinski definition) is 5. The lowest BCUT2D eigenvalue weighted by atomic mass is 10.2. The van der Waals surface area contributed by atoms with Crippen LogP contribution in [-0.4, -0.2) is 18.5 Å². The number of nitrogens with one attached hydrogen (secondary N) is 1. The second kappa shape index (κ2) is 5.44. The monoisotopic (exact) mass is 341 g/mol. The molecule has 0 unspecified atom stereocenters. The van der Waals surface area contributed by atoms with Crippen LogP contribution in [-0.2, 0) is 13.6 Å². The number of anilines is 1. The molecule has 0 aliphatic heterocycles. The van der Waals surface area contributed by atoms with E-state index in [2.05, 4.69) is 19.2 Å². The molecule has 0 saturated heterocycles. The van der Waals surface area contributed by atoms with Crippen LogP contribution in [0.1, 0.15) is 17.0 Å². The third-order valence-electron chi connectivity index (χ3n) is 3.54. The zero-order valence-corrected chi connectivity index (χ0v) is 14.1. The Morgan fingerprint density at radius 1 is 1.19 bits per heavy atom. The van der Waals surface area contributed by atoms with Gasteiger partial charge in [0.05, 0.1) is 33.2 Å². The fourth-order valence-electron chi connectivity index (χ4n) is 2.29. The Morgan fingerprint density at radius 3 is 2.57 bits per heavy atom. The van der Waals surface area contributed by atoms with Gasteiger partial charge in [0.2, 0.25) is 0 Å². The second-order valence-electron chi connectivity index (χ2n) is 4.80. The van der Waals surface area contributed by atoms with Crippen molar-refractivity contribution in [2.75, 3.05) is 5.32 Å². The van der Waals surface area contributed by atoms with Crippen molar-refractivity contribution < 1.29 is 0 Å². The Labute approximate surface area is 136 Å². The Kier molecular flexibility index (Phi) is 3.77. The summed E-state index contributed by atoms with van der Waals surface area (Å²) >= 11 is 13.5. The standard InChI is InChI=1S/C13H13Cl2N5S/c1-6-8(7(2)20(3)17-6)5-16-11-9(14)4-10(15)12-13(11)19-21-18-12/h4,16H,5H2,1-3H3. The molecule has 0 aliphatic rings. The fraction of sp³-hybridized carbons (Fsp3) is 0.308. The summed E-state index contributed by atoms with van der Waals surface area (Å²) in [7, 11) is 1.93. The predicted octanol–water partition coefficient (Wildman–Crippen LogP) is 3.96. The first kappa shape index (κ1) is 14.6. The van der Waals surface area contributed by atoms with Crippen molar-refractivity contribution in [1.29, 1.82) is 0 Å². The number of aryl methyl sites for hydroxylation is 2. The average Bonchev–Trinajstić information content (AvgIpc) is 2.99. The van der Waals surface area contributed by atoms with E-state index >= 15 is 0 Å². The van der Waals surface area contributed by atoms with E-state index in [-0.39, 0.29) is 0 Å². The quantitative estimate of drug-likeness (QED) is 0.783. The van der Waals surface area contributed by atoms with Gasteiger partial charge in [0, 0.05) is 24.8 Å². The number of aromatic nitrogens is 4. The van der Waals surface area contributed by atoms with Crippen LogP contribution in [0.4, 0.5) is 5.69 Å². The molecule has 110 valence electrons. The van der Waals surface area contributed by atoms with E-state index in [0.29, 0.717) is 27.6 Å². The van der Waals surface area contributed by atoms with Gasteiger partial charge in [-0.25, -0.2) is 0 Å². The topological polar surface area (TPSA) is 55.6 Å². The summed E-state index contributed by atoms with van der Waals surface area (Å²) in [5, 5.41) is 8.81. The van der Waals surface area contributed by atoms with Gasteiger partial charge >= 0.3 is 0 Å². The minimum atomic E-state index is 0.517. The van der Waals surface area contributed by atoms with Gasteiger partial charge in [-0.3, -0.25) is 4.68 Å². The highest BCUT2D eigenvalue weighted by molar-refractivity contribution is 7.00. The average molecular weight is 342 g/mol. The summed E-state index contributed by atoms with van der Waals surface area (Å²) < 4.78 is 10.3. The highest BCUT2D eigenvalue weighted by atomic mass is 35.5. The summed E-state index contributed by atoms with van der Waals surface area (Å²) in [6.07, 6.45) is 0. The van der Waals surface area contributed by atoms with E-state index < -0.39 is 0 Å². The Hall–Kier alpha value is -1.37. The Balaban J connectivity index is 1.97. The van der Waals surface area contributed by atoms with Crippen LogP contribution in [0.3, 0.4) is 0 Å². The van der Waals surface area contributed by atoms with E-state index in [9.17, 15) is 0 Å². The lowest BCUT2D eigenvalue weighted by Gasteiger charge is -2.10. The highest BCUT2D eigenvalue weighted by Crippen LogP contribution is 2.35. The van der Waals surface area contributed by atoms with Crippen molar-refractivity contribution >= 4 is 51.7 Å². The molecule has 8 heteroatoms. The first-order chi connectivity index (χ1) is 9.99. The molecule has 2 heterocycles. The SMILES string of the molecule is Cc1nn(C)c(C)c1CNc1c(Cl)cc(Cl)c2nsnc12. The lowest BCUT2D eigenvalue weighted by molar-refractivity contribution is 0.730. The summed E-state index contributed by atoms with van der Waals surface area (Å²) in [5.41, 5.74) is 5.41. The van der Waals surface area contributed by atoms with E-state index in [1.54, 1.807) is 6.07 Å². The Morgan fingerprint density at radius 2 is 1.90 bits per heavy atom. The number of nitrogens with zero attached hydrogens (tertiary/aromatic N) is 4. The van der Waals surface area contributed by atoms with Crippen LogP contribution < -0.4 is 5.32 Å². The molecule has 0 spiro atoms. The van der Waals surface area contributed by atoms with Gasteiger partial charge in [0.1, 0.15) is 11.0 Å². The van der Waals surface area contributed by atoms with Crippen molar-refractivity contribution in [2.24, 2.45) is 7.05 Å². The smallest absolute Gasteiger partial charge is 0.130 e. The van der Waals surface area contributed by atoms with E-state index in [1.807, 2.05) is 25.6 Å².